The van der Waals surface area contributed by atoms with Crippen LogP contribution in [0.3, 0.4) is 0 Å². The molecule has 1 aromatic heterocycles. The lowest BCUT2D eigenvalue weighted by Gasteiger charge is -2.00. The van der Waals surface area contributed by atoms with E-state index in [0.717, 1.165) is 5.69 Å². The highest BCUT2D eigenvalue weighted by atomic mass is 16.6. The molecule has 0 fully saturated rings. The fourth-order valence-electron chi connectivity index (χ4n) is 1.35. The number of nitrogens with zero attached hydrogens (tertiary/aromatic N) is 4. The maximum Gasteiger partial charge on any atom is 0.235 e. The summed E-state index contributed by atoms with van der Waals surface area (Å²) in [4.78, 5) is 11.0. The maximum absolute atomic E-state index is 10.3. The summed E-state index contributed by atoms with van der Waals surface area (Å²) in [6, 6.07) is 9.10. The van der Waals surface area contributed by atoms with E-state index in [-0.39, 0.29) is 5.69 Å². The quantitative estimate of drug-likeness (QED) is 0.616. The molecule has 17 heavy (non-hydrogen) atoms. The molecular weight excluding hydrogens is 224 g/mol. The highest BCUT2D eigenvalue weighted by molar-refractivity contribution is 5.28. The van der Waals surface area contributed by atoms with Gasteiger partial charge in [-0.25, -0.2) is 0 Å². The second kappa shape index (κ2) is 4.71. The number of aromatic nitrogens is 3. The Morgan fingerprint density at radius 3 is 2.76 bits per heavy atom. The van der Waals surface area contributed by atoms with Crippen LogP contribution in [-0.2, 0) is 0 Å². The average Bonchev–Trinajstić information content (AvgIpc) is 2.78. The van der Waals surface area contributed by atoms with Crippen LogP contribution in [0, 0.1) is 10.1 Å². The largest absolute Gasteiger partial charge is 0.380 e. The van der Waals surface area contributed by atoms with E-state index in [2.05, 4.69) is 10.2 Å². The highest BCUT2D eigenvalue weighted by Crippen LogP contribution is 2.10. The minimum absolute atomic E-state index is 0.186. The summed E-state index contributed by atoms with van der Waals surface area (Å²) in [7, 11) is 0. The Morgan fingerprint density at radius 1 is 1.41 bits per heavy atom. The summed E-state index contributed by atoms with van der Waals surface area (Å²) in [5, 5.41) is 27.7. The molecule has 0 amide bonds. The van der Waals surface area contributed by atoms with E-state index in [1.54, 1.807) is 12.1 Å². The van der Waals surface area contributed by atoms with Crippen molar-refractivity contribution in [2.45, 2.75) is 6.10 Å². The number of rotatable bonds is 4. The van der Waals surface area contributed by atoms with E-state index < -0.39 is 17.6 Å². The number of hydrogen-bond donors (Lipinski definition) is 1. The lowest BCUT2D eigenvalue weighted by molar-refractivity contribution is -0.491. The lowest BCUT2D eigenvalue weighted by Crippen LogP contribution is -2.12. The zero-order valence-electron chi connectivity index (χ0n) is 8.80. The van der Waals surface area contributed by atoms with Gasteiger partial charge >= 0.3 is 0 Å². The Balaban J connectivity index is 2.19. The molecule has 88 valence electrons. The summed E-state index contributed by atoms with van der Waals surface area (Å²) in [6.07, 6.45) is 0.0868. The van der Waals surface area contributed by atoms with Crippen LogP contribution in [0.25, 0.3) is 5.69 Å². The molecule has 1 aromatic carbocycles. The first kappa shape index (κ1) is 11.2. The second-order valence-electron chi connectivity index (χ2n) is 3.43. The molecule has 1 atom stereocenters. The van der Waals surface area contributed by atoms with E-state index in [4.69, 9.17) is 0 Å². The minimum Gasteiger partial charge on any atom is -0.380 e. The Hall–Kier alpha value is -2.28. The molecule has 1 unspecified atom stereocenters. The molecule has 0 spiro atoms. The predicted octanol–water partition coefficient (Wildman–Crippen LogP) is 0.577. The fraction of sp³-hybridized carbons (Fsp3) is 0.200. The summed E-state index contributed by atoms with van der Waals surface area (Å²) in [5.74, 6) is 0. The van der Waals surface area contributed by atoms with Crippen LogP contribution in [-0.4, -0.2) is 31.6 Å². The number of para-hydroxylation sites is 1. The first-order valence-electron chi connectivity index (χ1n) is 4.94. The van der Waals surface area contributed by atoms with Crippen molar-refractivity contribution in [3.05, 3.63) is 52.3 Å². The van der Waals surface area contributed by atoms with Crippen molar-refractivity contribution in [3.63, 3.8) is 0 Å². The van der Waals surface area contributed by atoms with Gasteiger partial charge in [-0.1, -0.05) is 18.2 Å². The van der Waals surface area contributed by atoms with Gasteiger partial charge < -0.3 is 5.11 Å². The number of hydrogen-bond acceptors (Lipinski definition) is 5. The Kier molecular flexibility index (Phi) is 3.10. The zero-order valence-corrected chi connectivity index (χ0v) is 8.80. The van der Waals surface area contributed by atoms with Crippen molar-refractivity contribution in [1.82, 2.24) is 15.0 Å². The molecule has 0 bridgehead atoms. The summed E-state index contributed by atoms with van der Waals surface area (Å²) < 4.78 is 0. The molecule has 0 aliphatic rings. The van der Waals surface area contributed by atoms with Crippen molar-refractivity contribution in [2.24, 2.45) is 0 Å². The summed E-state index contributed by atoms with van der Waals surface area (Å²) in [5.41, 5.74) is 0.914. The topological polar surface area (TPSA) is 94.1 Å². The van der Waals surface area contributed by atoms with Crippen LogP contribution in [0.4, 0.5) is 0 Å². The van der Waals surface area contributed by atoms with Crippen molar-refractivity contribution in [2.75, 3.05) is 6.54 Å². The third-order valence-electron chi connectivity index (χ3n) is 2.16. The van der Waals surface area contributed by atoms with Gasteiger partial charge in [0.15, 0.2) is 6.10 Å². The standard InChI is InChI=1S/C10H10N4O3/c15-10(7-13(16)17)9-6-11-14(12-9)8-4-2-1-3-5-8/h1-6,10,15H,7H2. The number of benzene rings is 1. The maximum atomic E-state index is 10.3. The van der Waals surface area contributed by atoms with E-state index in [0.29, 0.717) is 0 Å². The number of aliphatic hydroxyl groups is 1. The molecule has 1 N–H and O–H groups in total. The van der Waals surface area contributed by atoms with Crippen LogP contribution in [0.1, 0.15) is 11.8 Å². The Labute approximate surface area is 96.5 Å². The molecule has 0 aliphatic heterocycles. The third-order valence-corrected chi connectivity index (χ3v) is 2.16. The van der Waals surface area contributed by atoms with Gasteiger partial charge in [0.1, 0.15) is 5.69 Å². The van der Waals surface area contributed by atoms with Gasteiger partial charge in [-0.2, -0.15) is 15.0 Å². The molecule has 0 radical (unpaired) electrons. The van der Waals surface area contributed by atoms with Gasteiger partial charge in [0, 0.05) is 4.92 Å². The van der Waals surface area contributed by atoms with E-state index in [1.165, 1.54) is 11.0 Å². The van der Waals surface area contributed by atoms with Crippen LogP contribution in [0.15, 0.2) is 36.5 Å². The summed E-state index contributed by atoms with van der Waals surface area (Å²) >= 11 is 0. The summed E-state index contributed by atoms with van der Waals surface area (Å²) in [6.45, 7) is -0.576. The van der Waals surface area contributed by atoms with Crippen LogP contribution in [0.2, 0.25) is 0 Å². The van der Waals surface area contributed by atoms with E-state index >= 15 is 0 Å². The van der Waals surface area contributed by atoms with Crippen molar-refractivity contribution in [3.8, 4) is 5.69 Å². The Morgan fingerprint density at radius 2 is 2.12 bits per heavy atom. The zero-order chi connectivity index (χ0) is 12.3. The lowest BCUT2D eigenvalue weighted by atomic mass is 10.3. The molecule has 2 rings (SSSR count). The smallest absolute Gasteiger partial charge is 0.235 e. The van der Waals surface area contributed by atoms with Crippen LogP contribution < -0.4 is 0 Å². The van der Waals surface area contributed by atoms with Gasteiger partial charge in [-0.15, -0.1) is 0 Å². The van der Waals surface area contributed by atoms with E-state index in [9.17, 15) is 15.2 Å². The molecule has 0 aliphatic carbocycles. The van der Waals surface area contributed by atoms with Gasteiger partial charge in [-0.3, -0.25) is 10.1 Å². The monoisotopic (exact) mass is 234 g/mol. The molecular formula is C10H10N4O3. The minimum atomic E-state index is -1.23. The predicted molar refractivity (Wildman–Crippen MR) is 58.2 cm³/mol. The molecule has 0 saturated carbocycles. The fourth-order valence-corrected chi connectivity index (χ4v) is 1.35. The van der Waals surface area contributed by atoms with Crippen LogP contribution >= 0.6 is 0 Å². The van der Waals surface area contributed by atoms with Crippen molar-refractivity contribution in [1.29, 1.82) is 0 Å². The van der Waals surface area contributed by atoms with E-state index in [1.807, 2.05) is 18.2 Å². The third kappa shape index (κ3) is 2.64. The molecule has 2 aromatic rings. The average molecular weight is 234 g/mol. The highest BCUT2D eigenvalue weighted by Gasteiger charge is 2.17. The van der Waals surface area contributed by atoms with Crippen LogP contribution in [0.5, 0.6) is 0 Å². The van der Waals surface area contributed by atoms with Crippen molar-refractivity contribution >= 4 is 0 Å². The number of nitro groups is 1. The molecule has 1 heterocycles. The van der Waals surface area contributed by atoms with Crippen molar-refractivity contribution < 1.29 is 10.0 Å². The first-order chi connectivity index (χ1) is 8.16. The molecule has 0 saturated heterocycles. The Bertz CT molecular complexity index is 511. The number of aliphatic hydroxyl groups excluding tert-OH is 1. The molecule has 7 heteroatoms. The van der Waals surface area contributed by atoms with Gasteiger partial charge in [0.05, 0.1) is 11.9 Å². The van der Waals surface area contributed by atoms with Gasteiger partial charge in [0.25, 0.3) is 0 Å². The first-order valence-corrected chi connectivity index (χ1v) is 4.94. The SMILES string of the molecule is O=[N+]([O-])CC(O)c1cnn(-c2ccccc2)n1. The normalized spacial score (nSPS) is 12.3. The molecule has 7 nitrogen and oxygen atoms in total. The van der Waals surface area contributed by atoms with Gasteiger partial charge in [-0.05, 0) is 12.1 Å². The van der Waals surface area contributed by atoms with Gasteiger partial charge in [0.2, 0.25) is 6.54 Å². The second-order valence-corrected chi connectivity index (χ2v) is 3.43.